The van der Waals surface area contributed by atoms with E-state index in [2.05, 4.69) is 0 Å². The Morgan fingerprint density at radius 2 is 2.22 bits per heavy atom. The number of nitrogen functional groups attached to an aromatic ring is 1. The summed E-state index contributed by atoms with van der Waals surface area (Å²) in [5.41, 5.74) is 7.04. The Hall–Kier alpha value is -1.59. The van der Waals surface area contributed by atoms with E-state index in [-0.39, 0.29) is 5.76 Å². The van der Waals surface area contributed by atoms with Crippen molar-refractivity contribution in [1.29, 1.82) is 0 Å². The molecule has 1 aromatic heterocycles. The van der Waals surface area contributed by atoms with E-state index in [1.807, 2.05) is 0 Å². The number of nitrogens with two attached hydrogens (primary N) is 1. The molecule has 6 heteroatoms. The van der Waals surface area contributed by atoms with E-state index in [0.29, 0.717) is 22.0 Å². The molecule has 0 bridgehead atoms. The van der Waals surface area contributed by atoms with Crippen molar-refractivity contribution in [3.8, 4) is 0 Å². The monoisotopic (exact) mass is 283 g/mol. The van der Waals surface area contributed by atoms with Crippen molar-refractivity contribution in [3.63, 3.8) is 0 Å². The van der Waals surface area contributed by atoms with Gasteiger partial charge in [-0.3, -0.25) is 0 Å². The molecule has 0 fully saturated rings. The van der Waals surface area contributed by atoms with Gasteiger partial charge < -0.3 is 15.3 Å². The van der Waals surface area contributed by atoms with Crippen molar-refractivity contribution >= 4 is 35.0 Å². The summed E-state index contributed by atoms with van der Waals surface area (Å²) in [5, 5.41) is 9.50. The molecule has 4 nitrogen and oxygen atoms in total. The number of benzene rings is 1. The van der Waals surface area contributed by atoms with E-state index < -0.39 is 5.97 Å². The second-order valence-corrected chi connectivity index (χ2v) is 5.00. The molecule has 1 aromatic carbocycles. The minimum atomic E-state index is -1.07. The summed E-state index contributed by atoms with van der Waals surface area (Å²) in [6.07, 6.45) is 1.36. The van der Waals surface area contributed by atoms with Gasteiger partial charge in [0.2, 0.25) is 5.76 Å². The van der Waals surface area contributed by atoms with Crippen LogP contribution in [0.3, 0.4) is 0 Å². The molecule has 0 saturated carbocycles. The number of halogens is 1. The van der Waals surface area contributed by atoms with Gasteiger partial charge in [-0.15, -0.1) is 11.8 Å². The Bertz CT molecular complexity index is 582. The maximum atomic E-state index is 10.9. The van der Waals surface area contributed by atoms with Crippen LogP contribution in [0.5, 0.6) is 0 Å². The van der Waals surface area contributed by atoms with Crippen molar-refractivity contribution in [1.82, 2.24) is 0 Å². The lowest BCUT2D eigenvalue weighted by molar-refractivity contribution is 0.0661. The summed E-state index contributed by atoms with van der Waals surface area (Å²) in [4.78, 5) is 11.7. The molecule has 0 amide bonds. The third-order valence-electron chi connectivity index (χ3n) is 2.30. The lowest BCUT2D eigenvalue weighted by atomic mass is 10.3. The molecule has 0 atom stereocenters. The van der Waals surface area contributed by atoms with E-state index in [1.54, 1.807) is 24.3 Å². The number of rotatable bonds is 4. The highest BCUT2D eigenvalue weighted by atomic mass is 35.5. The quantitative estimate of drug-likeness (QED) is 0.663. The van der Waals surface area contributed by atoms with Gasteiger partial charge in [-0.05, 0) is 24.3 Å². The summed E-state index contributed by atoms with van der Waals surface area (Å²) in [7, 11) is 0. The van der Waals surface area contributed by atoms with Gasteiger partial charge in [0.1, 0.15) is 0 Å². The molecule has 0 spiro atoms. The van der Waals surface area contributed by atoms with Gasteiger partial charge in [0.15, 0.2) is 0 Å². The van der Waals surface area contributed by atoms with E-state index in [0.717, 1.165) is 4.90 Å². The zero-order chi connectivity index (χ0) is 13.1. The van der Waals surface area contributed by atoms with Crippen molar-refractivity contribution in [2.24, 2.45) is 0 Å². The maximum Gasteiger partial charge on any atom is 0.372 e. The number of hydrogen-bond acceptors (Lipinski definition) is 4. The van der Waals surface area contributed by atoms with E-state index in [1.165, 1.54) is 18.0 Å². The van der Waals surface area contributed by atoms with E-state index >= 15 is 0 Å². The fourth-order valence-electron chi connectivity index (χ4n) is 1.43. The van der Waals surface area contributed by atoms with Gasteiger partial charge in [-0.2, -0.15) is 0 Å². The van der Waals surface area contributed by atoms with Crippen molar-refractivity contribution in [3.05, 3.63) is 46.9 Å². The number of furan rings is 1. The van der Waals surface area contributed by atoms with E-state index in [4.69, 9.17) is 26.9 Å². The molecule has 0 aliphatic heterocycles. The highest BCUT2D eigenvalue weighted by Crippen LogP contribution is 2.31. The Morgan fingerprint density at radius 3 is 2.94 bits per heavy atom. The van der Waals surface area contributed by atoms with Crippen molar-refractivity contribution in [2.45, 2.75) is 10.6 Å². The Labute approximate surface area is 113 Å². The normalized spacial score (nSPS) is 10.5. The first-order valence-electron chi connectivity index (χ1n) is 5.05. The average Bonchev–Trinajstić information content (AvgIpc) is 2.79. The maximum absolute atomic E-state index is 10.9. The molecule has 2 rings (SSSR count). The van der Waals surface area contributed by atoms with Crippen LogP contribution >= 0.6 is 23.4 Å². The zero-order valence-electron chi connectivity index (χ0n) is 9.22. The summed E-state index contributed by atoms with van der Waals surface area (Å²) >= 11 is 7.30. The highest BCUT2D eigenvalue weighted by Gasteiger charge is 2.14. The van der Waals surface area contributed by atoms with Crippen LogP contribution in [-0.4, -0.2) is 11.1 Å². The van der Waals surface area contributed by atoms with Crippen LogP contribution in [-0.2, 0) is 5.75 Å². The minimum absolute atomic E-state index is 0.0388. The molecule has 0 radical (unpaired) electrons. The number of aromatic carboxylic acids is 1. The topological polar surface area (TPSA) is 76.5 Å². The first kappa shape index (κ1) is 12.9. The first-order valence-corrected chi connectivity index (χ1v) is 6.42. The number of anilines is 1. The number of carboxylic acid groups (broad SMARTS) is 1. The van der Waals surface area contributed by atoms with Gasteiger partial charge >= 0.3 is 5.97 Å². The van der Waals surface area contributed by atoms with Crippen LogP contribution in [0, 0.1) is 0 Å². The highest BCUT2D eigenvalue weighted by molar-refractivity contribution is 7.98. The van der Waals surface area contributed by atoms with Crippen LogP contribution in [0.2, 0.25) is 5.02 Å². The van der Waals surface area contributed by atoms with Crippen LogP contribution in [0.1, 0.15) is 16.1 Å². The van der Waals surface area contributed by atoms with Crippen LogP contribution < -0.4 is 5.73 Å². The lowest BCUT2D eigenvalue weighted by Crippen LogP contribution is -1.97. The molecule has 0 aliphatic rings. The van der Waals surface area contributed by atoms with Gasteiger partial charge in [0, 0.05) is 26.9 Å². The Morgan fingerprint density at radius 1 is 1.44 bits per heavy atom. The predicted octanol–water partition coefficient (Wildman–Crippen LogP) is 3.51. The summed E-state index contributed by atoms with van der Waals surface area (Å²) in [6, 6.07) is 6.82. The summed E-state index contributed by atoms with van der Waals surface area (Å²) in [6.45, 7) is 0. The number of thioether (sulfide) groups is 1. The number of hydrogen-bond donors (Lipinski definition) is 2. The average molecular weight is 284 g/mol. The smallest absolute Gasteiger partial charge is 0.372 e. The third kappa shape index (κ3) is 2.80. The number of carbonyl (C=O) groups is 1. The van der Waals surface area contributed by atoms with Gasteiger partial charge in [-0.1, -0.05) is 11.6 Å². The molecular weight excluding hydrogens is 274 g/mol. The Kier molecular flexibility index (Phi) is 3.84. The summed E-state index contributed by atoms with van der Waals surface area (Å²) < 4.78 is 4.90. The fourth-order valence-corrected chi connectivity index (χ4v) is 2.65. The number of carboxylic acids is 1. The molecule has 94 valence electrons. The van der Waals surface area contributed by atoms with Crippen LogP contribution in [0.15, 0.2) is 39.8 Å². The molecule has 3 N–H and O–H groups in total. The second kappa shape index (κ2) is 5.37. The largest absolute Gasteiger partial charge is 0.475 e. The molecule has 1 heterocycles. The molecule has 2 aromatic rings. The fraction of sp³-hybridized carbons (Fsp3) is 0.0833. The second-order valence-electron chi connectivity index (χ2n) is 3.55. The van der Waals surface area contributed by atoms with Gasteiger partial charge in [0.05, 0.1) is 6.26 Å². The molecule has 18 heavy (non-hydrogen) atoms. The molecule has 0 unspecified atom stereocenters. The van der Waals surface area contributed by atoms with Crippen molar-refractivity contribution in [2.75, 3.05) is 5.73 Å². The Balaban J connectivity index is 2.14. The molecule has 0 saturated heterocycles. The first-order chi connectivity index (χ1) is 8.58. The molecule has 0 aliphatic carbocycles. The lowest BCUT2D eigenvalue weighted by Gasteiger charge is -2.05. The standard InChI is InChI=1S/C12H10ClNO3S/c13-8-1-2-9(14)10(5-8)18-6-7-3-4-17-11(7)12(15)16/h1-5H,6,14H2,(H,15,16). The van der Waals surface area contributed by atoms with Crippen LogP contribution in [0.25, 0.3) is 0 Å². The van der Waals surface area contributed by atoms with Crippen molar-refractivity contribution < 1.29 is 14.3 Å². The minimum Gasteiger partial charge on any atom is -0.475 e. The predicted molar refractivity (Wildman–Crippen MR) is 71.1 cm³/mol. The molecular formula is C12H10ClNO3S. The SMILES string of the molecule is Nc1ccc(Cl)cc1SCc1ccoc1C(=O)O. The van der Waals surface area contributed by atoms with Gasteiger partial charge in [-0.25, -0.2) is 4.79 Å². The third-order valence-corrected chi connectivity index (χ3v) is 3.65. The summed E-state index contributed by atoms with van der Waals surface area (Å²) in [5.74, 6) is -0.652. The van der Waals surface area contributed by atoms with E-state index in [9.17, 15) is 4.79 Å². The zero-order valence-corrected chi connectivity index (χ0v) is 10.8. The van der Waals surface area contributed by atoms with Gasteiger partial charge in [0.25, 0.3) is 0 Å². The van der Waals surface area contributed by atoms with Crippen LogP contribution in [0.4, 0.5) is 5.69 Å².